The molecule has 5 heteroatoms. The van der Waals surface area contributed by atoms with Gasteiger partial charge in [0.1, 0.15) is 18.1 Å². The van der Waals surface area contributed by atoms with Crippen molar-refractivity contribution in [2.75, 3.05) is 13.7 Å². The average molecular weight is 351 g/mol. The van der Waals surface area contributed by atoms with E-state index in [9.17, 15) is 0 Å². The first-order valence-corrected chi connectivity index (χ1v) is 7.55. The predicted octanol–water partition coefficient (Wildman–Crippen LogP) is 3.24. The molecule has 0 saturated heterocycles. The summed E-state index contributed by atoms with van der Waals surface area (Å²) in [5.74, 6) is 1.61. The summed E-state index contributed by atoms with van der Waals surface area (Å²) in [6.07, 6.45) is 0.777. The average Bonchev–Trinajstić information content (AvgIpc) is 2.46. The van der Waals surface area contributed by atoms with Gasteiger partial charge in [-0.25, -0.2) is 0 Å². The molecule has 0 unspecified atom stereocenters. The van der Waals surface area contributed by atoms with Gasteiger partial charge in [-0.15, -0.1) is 0 Å². The number of halogens is 1. The van der Waals surface area contributed by atoms with Crippen LogP contribution in [0.3, 0.4) is 0 Å². The van der Waals surface area contributed by atoms with Crippen molar-refractivity contribution in [3.05, 3.63) is 51.8 Å². The van der Waals surface area contributed by atoms with Gasteiger partial charge in [-0.3, -0.25) is 4.98 Å². The number of hydrogen-bond acceptors (Lipinski definition) is 4. The van der Waals surface area contributed by atoms with Crippen LogP contribution in [0.5, 0.6) is 11.5 Å². The minimum absolute atomic E-state index is 0.387. The number of nitrogens with two attached hydrogens (primary N) is 1. The zero-order chi connectivity index (χ0) is 15.2. The molecule has 0 amide bonds. The highest BCUT2D eigenvalue weighted by molar-refractivity contribution is 9.10. The summed E-state index contributed by atoms with van der Waals surface area (Å²) in [6, 6.07) is 9.74. The third kappa shape index (κ3) is 4.19. The Morgan fingerprint density at radius 3 is 2.81 bits per heavy atom. The molecule has 1 aromatic carbocycles. The van der Waals surface area contributed by atoms with E-state index in [1.54, 1.807) is 7.11 Å². The first-order chi connectivity index (χ1) is 10.1. The molecule has 2 rings (SSSR count). The van der Waals surface area contributed by atoms with Crippen molar-refractivity contribution in [2.45, 2.75) is 20.0 Å². The lowest BCUT2D eigenvalue weighted by Crippen LogP contribution is -2.07. The number of pyridine rings is 1. The number of aryl methyl sites for hydroxylation is 1. The van der Waals surface area contributed by atoms with E-state index in [-0.39, 0.29) is 0 Å². The number of methoxy groups -OCH3 is 1. The standard InChI is InChI=1S/C16H19BrN2O2/c1-11-8-14(20-2)9-13(19-11)10-21-16-12(6-7-18)4-3-5-15(16)17/h3-5,8-9H,6-7,10,18H2,1-2H3. The van der Waals surface area contributed by atoms with Crippen LogP contribution in [0.1, 0.15) is 17.0 Å². The quantitative estimate of drug-likeness (QED) is 0.868. The molecule has 0 radical (unpaired) electrons. The molecular weight excluding hydrogens is 332 g/mol. The molecule has 0 aliphatic carbocycles. The second-order valence-electron chi connectivity index (χ2n) is 4.70. The molecule has 0 aliphatic rings. The second kappa shape index (κ2) is 7.43. The van der Waals surface area contributed by atoms with Crippen LogP contribution < -0.4 is 15.2 Å². The van der Waals surface area contributed by atoms with Gasteiger partial charge in [-0.1, -0.05) is 12.1 Å². The number of hydrogen-bond donors (Lipinski definition) is 1. The molecule has 1 aromatic heterocycles. The highest BCUT2D eigenvalue weighted by Crippen LogP contribution is 2.30. The maximum atomic E-state index is 5.94. The Morgan fingerprint density at radius 2 is 2.10 bits per heavy atom. The van der Waals surface area contributed by atoms with E-state index < -0.39 is 0 Å². The van der Waals surface area contributed by atoms with Crippen LogP contribution in [0.2, 0.25) is 0 Å². The van der Waals surface area contributed by atoms with Crippen molar-refractivity contribution >= 4 is 15.9 Å². The summed E-state index contributed by atoms with van der Waals surface area (Å²) in [5, 5.41) is 0. The maximum Gasteiger partial charge on any atom is 0.137 e. The van der Waals surface area contributed by atoms with Crippen molar-refractivity contribution < 1.29 is 9.47 Å². The molecule has 1 heterocycles. The van der Waals surface area contributed by atoms with Crippen LogP contribution in [0.4, 0.5) is 0 Å². The summed E-state index contributed by atoms with van der Waals surface area (Å²) in [6.45, 7) is 2.91. The van der Waals surface area contributed by atoms with Gasteiger partial charge in [0.25, 0.3) is 0 Å². The Kier molecular flexibility index (Phi) is 5.59. The van der Waals surface area contributed by atoms with E-state index in [0.29, 0.717) is 13.2 Å². The fraction of sp³-hybridized carbons (Fsp3) is 0.312. The van der Waals surface area contributed by atoms with Crippen LogP contribution in [0.25, 0.3) is 0 Å². The van der Waals surface area contributed by atoms with Gasteiger partial charge < -0.3 is 15.2 Å². The monoisotopic (exact) mass is 350 g/mol. The van der Waals surface area contributed by atoms with Gasteiger partial charge in [-0.05, 0) is 47.4 Å². The smallest absolute Gasteiger partial charge is 0.137 e. The summed E-state index contributed by atoms with van der Waals surface area (Å²) < 4.78 is 12.1. The van der Waals surface area contributed by atoms with E-state index in [2.05, 4.69) is 20.9 Å². The lowest BCUT2D eigenvalue weighted by Gasteiger charge is -2.13. The summed E-state index contributed by atoms with van der Waals surface area (Å²) in [4.78, 5) is 4.46. The highest BCUT2D eigenvalue weighted by Gasteiger charge is 2.09. The number of aromatic nitrogens is 1. The first-order valence-electron chi connectivity index (χ1n) is 6.76. The Morgan fingerprint density at radius 1 is 1.29 bits per heavy atom. The molecule has 0 atom stereocenters. The van der Waals surface area contributed by atoms with Crippen molar-refractivity contribution in [2.24, 2.45) is 5.73 Å². The van der Waals surface area contributed by atoms with Crippen LogP contribution in [-0.2, 0) is 13.0 Å². The van der Waals surface area contributed by atoms with Crippen LogP contribution in [0, 0.1) is 6.92 Å². The Bertz CT molecular complexity index is 617. The Hall–Kier alpha value is -1.59. The van der Waals surface area contributed by atoms with Gasteiger partial charge in [0.15, 0.2) is 0 Å². The second-order valence-corrected chi connectivity index (χ2v) is 5.55. The predicted molar refractivity (Wildman–Crippen MR) is 86.8 cm³/mol. The molecule has 2 N–H and O–H groups in total. The Balaban J connectivity index is 2.18. The summed E-state index contributed by atoms with van der Waals surface area (Å²) in [7, 11) is 1.65. The highest BCUT2D eigenvalue weighted by atomic mass is 79.9. The van der Waals surface area contributed by atoms with Crippen molar-refractivity contribution in [3.8, 4) is 11.5 Å². The number of para-hydroxylation sites is 1. The van der Waals surface area contributed by atoms with Crippen LogP contribution in [0.15, 0.2) is 34.8 Å². The van der Waals surface area contributed by atoms with Crippen LogP contribution in [-0.4, -0.2) is 18.6 Å². The molecule has 0 bridgehead atoms. The molecule has 0 fully saturated rings. The zero-order valence-electron chi connectivity index (χ0n) is 12.2. The largest absolute Gasteiger partial charge is 0.497 e. The molecule has 0 spiro atoms. The van der Waals surface area contributed by atoms with E-state index in [0.717, 1.165) is 39.3 Å². The van der Waals surface area contributed by atoms with Gasteiger partial charge in [0.05, 0.1) is 17.3 Å². The molecule has 21 heavy (non-hydrogen) atoms. The summed E-state index contributed by atoms with van der Waals surface area (Å²) >= 11 is 3.52. The fourth-order valence-corrected chi connectivity index (χ4v) is 2.63. The fourth-order valence-electron chi connectivity index (χ4n) is 2.11. The molecule has 4 nitrogen and oxygen atoms in total. The van der Waals surface area contributed by atoms with E-state index >= 15 is 0 Å². The maximum absolute atomic E-state index is 5.94. The molecular formula is C16H19BrN2O2. The normalized spacial score (nSPS) is 10.5. The van der Waals surface area contributed by atoms with Crippen molar-refractivity contribution in [1.29, 1.82) is 0 Å². The molecule has 112 valence electrons. The zero-order valence-corrected chi connectivity index (χ0v) is 13.8. The molecule has 2 aromatic rings. The minimum atomic E-state index is 0.387. The van der Waals surface area contributed by atoms with E-state index in [1.807, 2.05) is 37.3 Å². The molecule has 0 saturated carbocycles. The number of benzene rings is 1. The number of ether oxygens (including phenoxy) is 2. The first kappa shape index (κ1) is 15.8. The number of nitrogens with zero attached hydrogens (tertiary/aromatic N) is 1. The molecule has 0 aliphatic heterocycles. The summed E-state index contributed by atoms with van der Waals surface area (Å²) in [5.41, 5.74) is 8.47. The van der Waals surface area contributed by atoms with Gasteiger partial charge in [-0.2, -0.15) is 0 Å². The topological polar surface area (TPSA) is 57.4 Å². The number of rotatable bonds is 6. The lowest BCUT2D eigenvalue weighted by atomic mass is 10.1. The van der Waals surface area contributed by atoms with Gasteiger partial charge in [0, 0.05) is 17.8 Å². The SMILES string of the molecule is COc1cc(C)nc(COc2c(Br)cccc2CCN)c1. The van der Waals surface area contributed by atoms with Gasteiger partial charge in [0.2, 0.25) is 0 Å². The van der Waals surface area contributed by atoms with Crippen molar-refractivity contribution in [1.82, 2.24) is 4.98 Å². The van der Waals surface area contributed by atoms with E-state index in [4.69, 9.17) is 15.2 Å². The van der Waals surface area contributed by atoms with Crippen molar-refractivity contribution in [3.63, 3.8) is 0 Å². The van der Waals surface area contributed by atoms with Crippen LogP contribution >= 0.6 is 15.9 Å². The van der Waals surface area contributed by atoms with Gasteiger partial charge >= 0.3 is 0 Å². The third-order valence-corrected chi connectivity index (χ3v) is 3.67. The third-order valence-electron chi connectivity index (χ3n) is 3.04. The van der Waals surface area contributed by atoms with E-state index in [1.165, 1.54) is 0 Å². The lowest BCUT2D eigenvalue weighted by molar-refractivity contribution is 0.295. The minimum Gasteiger partial charge on any atom is -0.497 e. The Labute approximate surface area is 133 Å².